The van der Waals surface area contributed by atoms with Crippen molar-refractivity contribution in [1.82, 2.24) is 5.48 Å². The van der Waals surface area contributed by atoms with Crippen LogP contribution in [-0.2, 0) is 0 Å². The molecule has 0 rings (SSSR count). The molecule has 0 bridgehead atoms. The van der Waals surface area contributed by atoms with Crippen LogP contribution < -0.4 is 5.48 Å². The molecule has 0 unspecified atom stereocenters. The van der Waals surface area contributed by atoms with Gasteiger partial charge < -0.3 is 0 Å². The summed E-state index contributed by atoms with van der Waals surface area (Å²) >= 11 is 0. The Bertz CT molecular complexity index is 111. The van der Waals surface area contributed by atoms with Crippen LogP contribution in [0.1, 0.15) is 0 Å². The van der Waals surface area contributed by atoms with Crippen LogP contribution in [0.2, 0.25) is 0 Å². The van der Waals surface area contributed by atoms with Gasteiger partial charge in [0.05, 0.1) is 0 Å². The first kappa shape index (κ1) is 5.74. The van der Waals surface area contributed by atoms with Crippen molar-refractivity contribution in [2.24, 2.45) is 5.11 Å². The smallest absolute Gasteiger partial charge is 0.206 e. The molecular weight excluding hydrogens is 98.0 g/mol. The van der Waals surface area contributed by atoms with Gasteiger partial charge in [-0.2, -0.15) is 0 Å². The van der Waals surface area contributed by atoms with E-state index in [1.807, 2.05) is 0 Å². The van der Waals surface area contributed by atoms with Crippen LogP contribution in [0.25, 0.3) is 10.4 Å². The zero-order valence-corrected chi connectivity index (χ0v) is 3.29. The molecular formula is CH3N5O. The number of nitrogens with zero attached hydrogens (tertiary/aromatic N) is 3. The molecule has 0 aliphatic rings. The van der Waals surface area contributed by atoms with Gasteiger partial charge in [0.25, 0.3) is 0 Å². The minimum atomic E-state index is -0.609. The van der Waals surface area contributed by atoms with Crippen molar-refractivity contribution in [1.29, 1.82) is 5.41 Å². The SMILES string of the molecule is [N-]=[N+]=NC(=N)NO. The number of guanidine groups is 1. The van der Waals surface area contributed by atoms with E-state index >= 15 is 0 Å². The third-order valence-electron chi connectivity index (χ3n) is 0.251. The lowest BCUT2D eigenvalue weighted by atomic mass is 11.1. The summed E-state index contributed by atoms with van der Waals surface area (Å²) in [6.45, 7) is 0. The van der Waals surface area contributed by atoms with E-state index in [1.54, 1.807) is 0 Å². The van der Waals surface area contributed by atoms with E-state index in [9.17, 15) is 0 Å². The zero-order chi connectivity index (χ0) is 5.70. The first-order chi connectivity index (χ1) is 3.31. The summed E-state index contributed by atoms with van der Waals surface area (Å²) in [5.41, 5.74) is 8.86. The number of azide groups is 1. The van der Waals surface area contributed by atoms with Gasteiger partial charge in [-0.25, -0.2) is 0 Å². The second-order valence-electron chi connectivity index (χ2n) is 0.650. The molecule has 0 aromatic rings. The molecule has 0 saturated carbocycles. The van der Waals surface area contributed by atoms with E-state index in [-0.39, 0.29) is 0 Å². The van der Waals surface area contributed by atoms with Crippen molar-refractivity contribution >= 4 is 5.96 Å². The quantitative estimate of drug-likeness (QED) is 0.101. The lowest BCUT2D eigenvalue weighted by molar-refractivity contribution is 0.232. The molecule has 0 heterocycles. The zero-order valence-electron chi connectivity index (χ0n) is 3.29. The second-order valence-corrected chi connectivity index (χ2v) is 0.650. The number of hydrogen-bond donors (Lipinski definition) is 3. The van der Waals surface area contributed by atoms with E-state index in [1.165, 1.54) is 5.48 Å². The molecule has 0 radical (unpaired) electrons. The van der Waals surface area contributed by atoms with E-state index in [0.717, 1.165) is 0 Å². The summed E-state index contributed by atoms with van der Waals surface area (Å²) < 4.78 is 0. The highest BCUT2D eigenvalue weighted by Gasteiger charge is 1.78. The minimum absolute atomic E-state index is 0.609. The van der Waals surface area contributed by atoms with E-state index < -0.39 is 5.96 Å². The maximum atomic E-state index is 7.73. The Hall–Kier alpha value is -1.26. The molecule has 0 aromatic carbocycles. The van der Waals surface area contributed by atoms with Crippen molar-refractivity contribution in [2.45, 2.75) is 0 Å². The summed E-state index contributed by atoms with van der Waals surface area (Å²) in [6, 6.07) is 0. The highest BCUT2D eigenvalue weighted by atomic mass is 16.5. The molecule has 3 N–H and O–H groups in total. The van der Waals surface area contributed by atoms with Crippen molar-refractivity contribution in [3.8, 4) is 0 Å². The molecule has 7 heavy (non-hydrogen) atoms. The van der Waals surface area contributed by atoms with Crippen LogP contribution >= 0.6 is 0 Å². The first-order valence-electron chi connectivity index (χ1n) is 1.35. The van der Waals surface area contributed by atoms with E-state index in [4.69, 9.17) is 16.1 Å². The lowest BCUT2D eigenvalue weighted by Gasteiger charge is -1.84. The van der Waals surface area contributed by atoms with Gasteiger partial charge in [0, 0.05) is 4.91 Å². The van der Waals surface area contributed by atoms with Gasteiger partial charge in [0.15, 0.2) is 0 Å². The molecule has 0 spiro atoms. The predicted molar refractivity (Wildman–Crippen MR) is 21.8 cm³/mol. The molecule has 0 aromatic heterocycles. The Labute approximate surface area is 38.9 Å². The molecule has 0 saturated heterocycles. The summed E-state index contributed by atoms with van der Waals surface area (Å²) in [5.74, 6) is -0.609. The Balaban J connectivity index is 3.58. The van der Waals surface area contributed by atoms with Gasteiger partial charge in [-0.05, 0) is 10.6 Å². The Morgan fingerprint density at radius 1 is 2.00 bits per heavy atom. The first-order valence-corrected chi connectivity index (χ1v) is 1.35. The van der Waals surface area contributed by atoms with Crippen LogP contribution in [0.15, 0.2) is 5.11 Å². The van der Waals surface area contributed by atoms with Crippen LogP contribution in [0.3, 0.4) is 0 Å². The normalized spacial score (nSPS) is 6.43. The summed E-state index contributed by atoms with van der Waals surface area (Å²) in [7, 11) is 0. The highest BCUT2D eigenvalue weighted by Crippen LogP contribution is 1.64. The topological polar surface area (TPSA) is 105 Å². The Morgan fingerprint density at radius 3 is 2.71 bits per heavy atom. The average molecular weight is 101 g/mol. The Kier molecular flexibility index (Phi) is 2.42. The molecule has 38 valence electrons. The minimum Gasteiger partial charge on any atom is -0.290 e. The number of rotatable bonds is 0. The molecule has 0 amide bonds. The maximum Gasteiger partial charge on any atom is 0.206 e. The molecule has 0 aliphatic heterocycles. The number of nitrogens with one attached hydrogen (secondary N) is 2. The fraction of sp³-hybridized carbons (Fsp3) is 0. The number of hydrogen-bond acceptors (Lipinski definition) is 2. The van der Waals surface area contributed by atoms with Gasteiger partial charge in [0.1, 0.15) is 0 Å². The fourth-order valence-electron chi connectivity index (χ4n) is 0.0671. The Morgan fingerprint density at radius 2 is 2.57 bits per heavy atom. The van der Waals surface area contributed by atoms with Gasteiger partial charge in [-0.15, -0.1) is 0 Å². The van der Waals surface area contributed by atoms with Gasteiger partial charge in [-0.1, -0.05) is 0 Å². The van der Waals surface area contributed by atoms with Crippen molar-refractivity contribution in [2.75, 3.05) is 0 Å². The second kappa shape index (κ2) is 2.95. The number of hydroxylamine groups is 1. The van der Waals surface area contributed by atoms with Crippen LogP contribution in [0.5, 0.6) is 0 Å². The third-order valence-corrected chi connectivity index (χ3v) is 0.251. The van der Waals surface area contributed by atoms with Gasteiger partial charge in [0.2, 0.25) is 5.96 Å². The highest BCUT2D eigenvalue weighted by molar-refractivity contribution is 5.75. The summed E-state index contributed by atoms with van der Waals surface area (Å²) in [4.78, 5) is 2.18. The van der Waals surface area contributed by atoms with Crippen molar-refractivity contribution in [3.05, 3.63) is 10.4 Å². The lowest BCUT2D eigenvalue weighted by Crippen LogP contribution is -2.13. The van der Waals surface area contributed by atoms with Crippen LogP contribution in [-0.4, -0.2) is 11.2 Å². The van der Waals surface area contributed by atoms with Crippen molar-refractivity contribution < 1.29 is 5.21 Å². The summed E-state index contributed by atoms with van der Waals surface area (Å²) in [6.07, 6.45) is 0. The predicted octanol–water partition coefficient (Wildman–Crippen LogP) is 0.210. The van der Waals surface area contributed by atoms with Gasteiger partial charge >= 0.3 is 0 Å². The molecule has 6 heteroatoms. The largest absolute Gasteiger partial charge is 0.290 e. The van der Waals surface area contributed by atoms with Crippen LogP contribution in [0, 0.1) is 5.41 Å². The third kappa shape index (κ3) is 2.54. The summed E-state index contributed by atoms with van der Waals surface area (Å²) in [5, 5.41) is 16.7. The maximum absolute atomic E-state index is 7.73. The molecule has 0 atom stereocenters. The molecule has 6 nitrogen and oxygen atoms in total. The van der Waals surface area contributed by atoms with Crippen LogP contribution in [0.4, 0.5) is 0 Å². The monoisotopic (exact) mass is 101 g/mol. The fourth-order valence-corrected chi connectivity index (χ4v) is 0.0671. The molecule has 0 aliphatic carbocycles. The van der Waals surface area contributed by atoms with E-state index in [2.05, 4.69) is 10.0 Å². The van der Waals surface area contributed by atoms with Gasteiger partial charge in [-0.3, -0.25) is 16.1 Å². The standard InChI is InChI=1S/CH3N5O/c2-1(5-7)4-6-3/h7H,(H2,2,5). The van der Waals surface area contributed by atoms with E-state index in [0.29, 0.717) is 0 Å². The molecule has 0 fully saturated rings. The average Bonchev–Trinajstić information content (AvgIpc) is 1.68. The van der Waals surface area contributed by atoms with Crippen molar-refractivity contribution in [3.63, 3.8) is 0 Å².